The molecule has 1 N–H and O–H groups in total. The Balaban J connectivity index is 1.87. The van der Waals surface area contributed by atoms with Crippen LogP contribution in [0.3, 0.4) is 0 Å². The first-order chi connectivity index (χ1) is 13.6. The van der Waals surface area contributed by atoms with Gasteiger partial charge in [-0.3, -0.25) is 0 Å². The zero-order valence-corrected chi connectivity index (χ0v) is 16.5. The van der Waals surface area contributed by atoms with Crippen LogP contribution < -0.4 is 5.32 Å². The van der Waals surface area contributed by atoms with E-state index < -0.39 is 5.97 Å². The van der Waals surface area contributed by atoms with Crippen molar-refractivity contribution >= 4 is 45.0 Å². The maximum atomic E-state index is 12.2. The van der Waals surface area contributed by atoms with Gasteiger partial charge in [-0.1, -0.05) is 19.4 Å². The Labute approximate surface area is 166 Å². The fraction of sp³-hybridized carbons (Fsp3) is 0.300. The summed E-state index contributed by atoms with van der Waals surface area (Å²) in [5, 5.41) is 5.48. The van der Waals surface area contributed by atoms with Crippen molar-refractivity contribution in [3.63, 3.8) is 0 Å². The second-order valence-corrected chi connectivity index (χ2v) is 6.83. The van der Waals surface area contributed by atoms with Crippen LogP contribution in [-0.2, 0) is 9.47 Å². The smallest absolute Gasteiger partial charge is 0.339 e. The largest absolute Gasteiger partial charge is 0.462 e. The van der Waals surface area contributed by atoms with Gasteiger partial charge in [-0.05, 0) is 31.5 Å². The predicted molar refractivity (Wildman–Crippen MR) is 108 cm³/mol. The van der Waals surface area contributed by atoms with Gasteiger partial charge in [0.2, 0.25) is 0 Å². The fourth-order valence-corrected chi connectivity index (χ4v) is 3.46. The molecular formula is C20H21N3O4S. The van der Waals surface area contributed by atoms with Gasteiger partial charge in [0.05, 0.1) is 29.7 Å². The highest BCUT2D eigenvalue weighted by molar-refractivity contribution is 7.17. The highest BCUT2D eigenvalue weighted by Crippen LogP contribution is 2.31. The lowest BCUT2D eigenvalue weighted by molar-refractivity contribution is 0.0497. The third kappa shape index (κ3) is 4.45. The quantitative estimate of drug-likeness (QED) is 0.438. The Bertz CT molecular complexity index is 986. The number of thiophene rings is 1. The zero-order valence-electron chi connectivity index (χ0n) is 15.7. The van der Waals surface area contributed by atoms with E-state index >= 15 is 0 Å². The number of aromatic nitrogens is 2. The van der Waals surface area contributed by atoms with Crippen LogP contribution in [0.25, 0.3) is 10.2 Å². The van der Waals surface area contributed by atoms with Crippen LogP contribution in [0.15, 0.2) is 36.0 Å². The molecule has 0 saturated heterocycles. The molecule has 3 rings (SSSR count). The summed E-state index contributed by atoms with van der Waals surface area (Å²) in [5.74, 6) is -0.307. The molecular weight excluding hydrogens is 378 g/mol. The molecule has 1 aromatic carbocycles. The van der Waals surface area contributed by atoms with E-state index in [9.17, 15) is 9.59 Å². The molecule has 8 heteroatoms. The third-order valence-corrected chi connectivity index (χ3v) is 4.84. The van der Waals surface area contributed by atoms with Crippen LogP contribution >= 0.6 is 11.3 Å². The molecule has 0 saturated carbocycles. The van der Waals surface area contributed by atoms with E-state index in [-0.39, 0.29) is 12.6 Å². The average molecular weight is 399 g/mol. The lowest BCUT2D eigenvalue weighted by Gasteiger charge is -2.10. The molecule has 0 unspecified atom stereocenters. The van der Waals surface area contributed by atoms with Crippen molar-refractivity contribution in [2.75, 3.05) is 18.5 Å². The summed E-state index contributed by atoms with van der Waals surface area (Å²) in [6, 6.07) is 6.96. The molecule has 2 aromatic heterocycles. The lowest BCUT2D eigenvalue weighted by atomic mass is 10.2. The number of carbonyl (C=O) groups excluding carboxylic acids is 2. The summed E-state index contributed by atoms with van der Waals surface area (Å²) in [4.78, 5) is 33.6. The number of fused-ring (bicyclic) bond motifs is 1. The molecule has 0 radical (unpaired) electrons. The molecule has 0 aliphatic heterocycles. The molecule has 7 nitrogen and oxygen atoms in total. The maximum Gasteiger partial charge on any atom is 0.339 e. The number of hydrogen-bond acceptors (Lipinski definition) is 8. The van der Waals surface area contributed by atoms with Crippen molar-refractivity contribution in [1.82, 2.24) is 9.97 Å². The Kier molecular flexibility index (Phi) is 6.54. The monoisotopic (exact) mass is 399 g/mol. The number of nitrogens with zero attached hydrogens (tertiary/aromatic N) is 2. The number of hydrogen-bond donors (Lipinski definition) is 1. The van der Waals surface area contributed by atoms with E-state index in [0.717, 1.165) is 12.8 Å². The number of unbranched alkanes of at least 4 members (excludes halogenated alkanes) is 1. The molecule has 3 aromatic rings. The first kappa shape index (κ1) is 19.8. The summed E-state index contributed by atoms with van der Waals surface area (Å²) < 4.78 is 10.4. The van der Waals surface area contributed by atoms with Gasteiger partial charge in [-0.25, -0.2) is 19.6 Å². The van der Waals surface area contributed by atoms with E-state index in [2.05, 4.69) is 15.3 Å². The molecule has 28 heavy (non-hydrogen) atoms. The van der Waals surface area contributed by atoms with Crippen molar-refractivity contribution < 1.29 is 19.1 Å². The van der Waals surface area contributed by atoms with E-state index in [0.29, 0.717) is 39.5 Å². The average Bonchev–Trinajstić information content (AvgIpc) is 3.14. The van der Waals surface area contributed by atoms with Gasteiger partial charge < -0.3 is 14.8 Å². The standard InChI is InChI=1S/C20H21N3O4S/c1-3-5-9-27-19(24)13-7-6-8-14(10-13)23-17-16-15(20(25)26-4-2)11-28-18(16)22-12-21-17/h6-8,10-12H,3-5,9H2,1-2H3,(H,21,22,23). The molecule has 0 amide bonds. The number of esters is 2. The minimum atomic E-state index is -0.417. The highest BCUT2D eigenvalue weighted by Gasteiger charge is 2.18. The summed E-state index contributed by atoms with van der Waals surface area (Å²) in [6.07, 6.45) is 3.22. The molecule has 0 spiro atoms. The minimum absolute atomic E-state index is 0.287. The lowest BCUT2D eigenvalue weighted by Crippen LogP contribution is -2.07. The second kappa shape index (κ2) is 9.27. The van der Waals surface area contributed by atoms with Crippen molar-refractivity contribution in [3.8, 4) is 0 Å². The highest BCUT2D eigenvalue weighted by atomic mass is 32.1. The molecule has 0 fully saturated rings. The summed E-state index contributed by atoms with van der Waals surface area (Å²) in [5.41, 5.74) is 1.52. The van der Waals surface area contributed by atoms with Gasteiger partial charge in [0.1, 0.15) is 17.0 Å². The number of carbonyl (C=O) groups is 2. The van der Waals surface area contributed by atoms with Crippen LogP contribution in [0.1, 0.15) is 47.4 Å². The first-order valence-corrected chi connectivity index (χ1v) is 9.95. The molecule has 0 aliphatic rings. The zero-order chi connectivity index (χ0) is 19.9. The SMILES string of the molecule is CCCCOC(=O)c1cccc(Nc2ncnc3scc(C(=O)OCC)c23)c1. The summed E-state index contributed by atoms with van der Waals surface area (Å²) in [6.45, 7) is 4.48. The Morgan fingerprint density at radius 3 is 2.79 bits per heavy atom. The van der Waals surface area contributed by atoms with E-state index in [1.54, 1.807) is 30.5 Å². The number of nitrogens with one attached hydrogen (secondary N) is 1. The van der Waals surface area contributed by atoms with Gasteiger partial charge in [-0.2, -0.15) is 0 Å². The molecule has 146 valence electrons. The first-order valence-electron chi connectivity index (χ1n) is 9.07. The second-order valence-electron chi connectivity index (χ2n) is 5.97. The molecule has 2 heterocycles. The van der Waals surface area contributed by atoms with Gasteiger partial charge in [0, 0.05) is 11.1 Å². The predicted octanol–water partition coefficient (Wildman–Crippen LogP) is 4.57. The number of anilines is 2. The van der Waals surface area contributed by atoms with E-state index in [1.165, 1.54) is 17.7 Å². The minimum Gasteiger partial charge on any atom is -0.462 e. The number of benzene rings is 1. The van der Waals surface area contributed by atoms with Crippen LogP contribution in [0.2, 0.25) is 0 Å². The van der Waals surface area contributed by atoms with Crippen molar-refractivity contribution in [3.05, 3.63) is 47.1 Å². The molecule has 0 bridgehead atoms. The Morgan fingerprint density at radius 1 is 1.14 bits per heavy atom. The summed E-state index contributed by atoms with van der Waals surface area (Å²) in [7, 11) is 0. The van der Waals surface area contributed by atoms with Crippen LogP contribution in [0.5, 0.6) is 0 Å². The number of rotatable bonds is 8. The van der Waals surface area contributed by atoms with Crippen molar-refractivity contribution in [2.45, 2.75) is 26.7 Å². The van der Waals surface area contributed by atoms with Crippen molar-refractivity contribution in [2.24, 2.45) is 0 Å². The third-order valence-electron chi connectivity index (χ3n) is 3.96. The van der Waals surface area contributed by atoms with Crippen LogP contribution in [0.4, 0.5) is 11.5 Å². The Hall–Kier alpha value is -3.00. The van der Waals surface area contributed by atoms with Crippen molar-refractivity contribution in [1.29, 1.82) is 0 Å². The normalized spacial score (nSPS) is 10.6. The van der Waals surface area contributed by atoms with Gasteiger partial charge in [-0.15, -0.1) is 11.3 Å². The maximum absolute atomic E-state index is 12.2. The Morgan fingerprint density at radius 2 is 2.00 bits per heavy atom. The van der Waals surface area contributed by atoms with Crippen LogP contribution in [0, 0.1) is 0 Å². The van der Waals surface area contributed by atoms with E-state index in [4.69, 9.17) is 9.47 Å². The van der Waals surface area contributed by atoms with Gasteiger partial charge in [0.15, 0.2) is 0 Å². The van der Waals surface area contributed by atoms with Gasteiger partial charge in [0.25, 0.3) is 0 Å². The molecule has 0 aliphatic carbocycles. The molecule has 0 atom stereocenters. The van der Waals surface area contributed by atoms with Gasteiger partial charge >= 0.3 is 11.9 Å². The van der Waals surface area contributed by atoms with E-state index in [1.807, 2.05) is 13.0 Å². The summed E-state index contributed by atoms with van der Waals surface area (Å²) >= 11 is 1.35. The fourth-order valence-electron chi connectivity index (χ4n) is 2.58. The van der Waals surface area contributed by atoms with Crippen LogP contribution in [-0.4, -0.2) is 35.1 Å². The number of ether oxygens (including phenoxy) is 2. The topological polar surface area (TPSA) is 90.4 Å².